The van der Waals surface area contributed by atoms with Crippen molar-refractivity contribution in [3.8, 4) is 23.2 Å². The fourth-order valence-electron chi connectivity index (χ4n) is 8.07. The summed E-state index contributed by atoms with van der Waals surface area (Å²) in [5.41, 5.74) is 1.05. The van der Waals surface area contributed by atoms with Crippen molar-refractivity contribution in [2.45, 2.75) is 69.4 Å². The number of aromatic nitrogens is 2. The standard InChI is InChI=1S/C35H35F6N7O2S/c1-4-24(49)47-11-9-33(2,16-47)46(3)31-20-12-22(35(39,40)41)26(19-6-7-23(37)29-25(19)21(14-42)30(43)51-29)27(38)28(20)44-32(45-31)50-17-34-8-5-10-48(34)15-18(36)13-34/h6-7,12,18H,4-5,8-11,13,15-17,43H2,1-3H3. The van der Waals surface area contributed by atoms with Crippen molar-refractivity contribution in [1.29, 1.82) is 5.26 Å². The number of nitrogens with two attached hydrogens (primary N) is 1. The van der Waals surface area contributed by atoms with Gasteiger partial charge in [0.1, 0.15) is 41.0 Å². The monoisotopic (exact) mass is 731 g/mol. The van der Waals surface area contributed by atoms with Gasteiger partial charge in [0, 0.05) is 55.9 Å². The van der Waals surface area contributed by atoms with Gasteiger partial charge in [0.15, 0.2) is 5.82 Å². The number of halogens is 6. The minimum absolute atomic E-state index is 0.0223. The molecule has 16 heteroatoms. The summed E-state index contributed by atoms with van der Waals surface area (Å²) in [6.45, 7) is 5.14. The lowest BCUT2D eigenvalue weighted by atomic mass is 9.92. The summed E-state index contributed by atoms with van der Waals surface area (Å²) in [4.78, 5) is 26.8. The van der Waals surface area contributed by atoms with Gasteiger partial charge in [0.05, 0.1) is 26.9 Å². The number of anilines is 2. The van der Waals surface area contributed by atoms with Crippen molar-refractivity contribution < 1.29 is 35.9 Å². The quantitative estimate of drug-likeness (QED) is 0.201. The summed E-state index contributed by atoms with van der Waals surface area (Å²) in [5.74, 6) is -2.35. The van der Waals surface area contributed by atoms with E-state index in [2.05, 4.69) is 9.97 Å². The average Bonchev–Trinajstić information content (AvgIpc) is 3.84. The number of likely N-dealkylation sites (tertiary alicyclic amines) is 1. The Morgan fingerprint density at radius 1 is 1.24 bits per heavy atom. The SMILES string of the molecule is CCC(=O)N1CCC(C)(N(C)c2nc(OCC34CCCN3CC(F)C4)nc3c(F)c(-c4ccc(F)c5sc(N)c(C#N)c45)c(C(F)(F)F)cc23)C1. The minimum Gasteiger partial charge on any atom is -0.461 e. The van der Waals surface area contributed by atoms with Gasteiger partial charge in [-0.1, -0.05) is 13.0 Å². The number of amides is 1. The number of thiophene rings is 1. The van der Waals surface area contributed by atoms with Gasteiger partial charge in [-0.05, 0) is 50.4 Å². The van der Waals surface area contributed by atoms with E-state index < -0.39 is 51.7 Å². The van der Waals surface area contributed by atoms with Crippen molar-refractivity contribution in [2.24, 2.45) is 0 Å². The molecule has 3 aliphatic rings. The molecule has 2 aromatic carbocycles. The van der Waals surface area contributed by atoms with Gasteiger partial charge in [-0.15, -0.1) is 11.3 Å². The number of likely N-dealkylation sites (N-methyl/N-ethyl adjacent to an activating group) is 1. The van der Waals surface area contributed by atoms with E-state index in [4.69, 9.17) is 10.5 Å². The number of benzene rings is 2. The zero-order valence-corrected chi connectivity index (χ0v) is 29.0. The van der Waals surface area contributed by atoms with Gasteiger partial charge in [0.2, 0.25) is 5.91 Å². The fraction of sp³-hybridized carbons (Fsp3) is 0.486. The summed E-state index contributed by atoms with van der Waals surface area (Å²) in [6, 6.07) is 4.17. The molecule has 1 amide bonds. The number of hydrogen-bond donors (Lipinski definition) is 1. The smallest absolute Gasteiger partial charge is 0.417 e. The number of carbonyl (C=O) groups excluding carboxylic acids is 1. The van der Waals surface area contributed by atoms with Crippen molar-refractivity contribution >= 4 is 49.1 Å². The Morgan fingerprint density at radius 3 is 2.71 bits per heavy atom. The Hall–Kier alpha value is -4.36. The summed E-state index contributed by atoms with van der Waals surface area (Å²) >= 11 is 0.679. The Bertz CT molecular complexity index is 2120. The second-order valence-corrected chi connectivity index (χ2v) is 15.0. The molecular formula is C35H35F6N7O2S. The minimum atomic E-state index is -5.12. The van der Waals surface area contributed by atoms with E-state index in [9.17, 15) is 18.8 Å². The zero-order chi connectivity index (χ0) is 36.6. The number of fused-ring (bicyclic) bond motifs is 3. The summed E-state index contributed by atoms with van der Waals surface area (Å²) < 4.78 is 97.7. The Labute approximate surface area is 293 Å². The predicted octanol–water partition coefficient (Wildman–Crippen LogP) is 7.05. The highest BCUT2D eigenvalue weighted by Gasteiger charge is 2.50. The van der Waals surface area contributed by atoms with Crippen molar-refractivity contribution in [1.82, 2.24) is 19.8 Å². The summed E-state index contributed by atoms with van der Waals surface area (Å²) in [6.07, 6.45) is -3.74. The normalized spacial score (nSPS) is 23.7. The van der Waals surface area contributed by atoms with E-state index in [1.165, 1.54) is 0 Å². The summed E-state index contributed by atoms with van der Waals surface area (Å²) in [7, 11) is 1.61. The molecule has 2 N–H and O–H groups in total. The van der Waals surface area contributed by atoms with Gasteiger partial charge < -0.3 is 20.3 Å². The molecule has 3 atom stereocenters. The van der Waals surface area contributed by atoms with E-state index in [1.54, 1.807) is 23.8 Å². The average molecular weight is 732 g/mol. The molecule has 3 fully saturated rings. The molecule has 0 bridgehead atoms. The number of hydrogen-bond acceptors (Lipinski definition) is 9. The first-order valence-corrected chi connectivity index (χ1v) is 17.5. The summed E-state index contributed by atoms with van der Waals surface area (Å²) in [5, 5.41) is 9.20. The first-order valence-electron chi connectivity index (χ1n) is 16.7. The van der Waals surface area contributed by atoms with Crippen LogP contribution in [0.15, 0.2) is 18.2 Å². The lowest BCUT2D eigenvalue weighted by molar-refractivity contribution is -0.137. The second kappa shape index (κ2) is 12.4. The number of ether oxygens (including phenoxy) is 1. The highest BCUT2D eigenvalue weighted by molar-refractivity contribution is 7.23. The van der Waals surface area contributed by atoms with Crippen LogP contribution in [0.3, 0.4) is 0 Å². The van der Waals surface area contributed by atoms with Gasteiger partial charge >= 0.3 is 12.2 Å². The van der Waals surface area contributed by atoms with Crippen LogP contribution in [-0.4, -0.2) is 82.8 Å². The predicted molar refractivity (Wildman–Crippen MR) is 181 cm³/mol. The molecule has 0 radical (unpaired) electrons. The number of alkyl halides is 4. The largest absolute Gasteiger partial charge is 0.461 e. The van der Waals surface area contributed by atoms with E-state index in [0.29, 0.717) is 37.3 Å². The second-order valence-electron chi connectivity index (χ2n) is 13.9. The van der Waals surface area contributed by atoms with Gasteiger partial charge in [-0.2, -0.15) is 28.4 Å². The van der Waals surface area contributed by atoms with Crippen molar-refractivity contribution in [2.75, 3.05) is 50.5 Å². The van der Waals surface area contributed by atoms with E-state index >= 15 is 17.6 Å². The van der Waals surface area contributed by atoms with Crippen LogP contribution in [0.1, 0.15) is 57.1 Å². The molecule has 5 heterocycles. The lowest BCUT2D eigenvalue weighted by Gasteiger charge is -2.37. The zero-order valence-electron chi connectivity index (χ0n) is 28.1. The highest BCUT2D eigenvalue weighted by Crippen LogP contribution is 2.49. The maximum atomic E-state index is 17.2. The molecule has 3 aliphatic heterocycles. The molecule has 9 nitrogen and oxygen atoms in total. The third-order valence-electron chi connectivity index (χ3n) is 10.9. The topological polar surface area (TPSA) is 112 Å². The van der Waals surface area contributed by atoms with Crippen LogP contribution in [0, 0.1) is 23.0 Å². The van der Waals surface area contributed by atoms with Crippen LogP contribution >= 0.6 is 11.3 Å². The van der Waals surface area contributed by atoms with Crippen LogP contribution in [0.5, 0.6) is 6.01 Å². The van der Waals surface area contributed by atoms with Crippen molar-refractivity contribution in [3.05, 3.63) is 41.0 Å². The molecule has 270 valence electrons. The number of nitrogens with zero attached hydrogens (tertiary/aromatic N) is 6. The highest BCUT2D eigenvalue weighted by atomic mass is 32.1. The molecule has 3 saturated heterocycles. The Kier molecular flexibility index (Phi) is 8.52. The van der Waals surface area contributed by atoms with Crippen molar-refractivity contribution in [3.63, 3.8) is 0 Å². The van der Waals surface area contributed by atoms with Crippen LogP contribution in [0.2, 0.25) is 0 Å². The lowest BCUT2D eigenvalue weighted by Crippen LogP contribution is -2.47. The first kappa shape index (κ1) is 35.1. The van der Waals surface area contributed by atoms with E-state index in [1.807, 2.05) is 17.9 Å². The Morgan fingerprint density at radius 2 is 2.00 bits per heavy atom. The molecule has 2 aromatic heterocycles. The van der Waals surface area contributed by atoms with Crippen LogP contribution < -0.4 is 15.4 Å². The van der Waals surface area contributed by atoms with Gasteiger partial charge in [-0.3, -0.25) is 9.69 Å². The van der Waals surface area contributed by atoms with E-state index in [0.717, 1.165) is 24.6 Å². The number of nitriles is 1. The number of rotatable bonds is 7. The van der Waals surface area contributed by atoms with Crippen LogP contribution in [-0.2, 0) is 11.0 Å². The molecule has 4 aromatic rings. The number of carbonyl (C=O) groups is 1. The van der Waals surface area contributed by atoms with E-state index in [-0.39, 0.29) is 81.9 Å². The first-order chi connectivity index (χ1) is 24.1. The molecule has 3 unspecified atom stereocenters. The molecule has 7 rings (SSSR count). The Balaban J connectivity index is 1.45. The van der Waals surface area contributed by atoms with Gasteiger partial charge in [-0.25, -0.2) is 13.2 Å². The molecular weight excluding hydrogens is 696 g/mol. The third kappa shape index (κ3) is 5.69. The maximum absolute atomic E-state index is 17.2. The van der Waals surface area contributed by atoms with Crippen LogP contribution in [0.4, 0.5) is 37.2 Å². The third-order valence-corrected chi connectivity index (χ3v) is 11.9. The molecule has 0 saturated carbocycles. The molecule has 0 aliphatic carbocycles. The molecule has 0 spiro atoms. The fourth-order valence-corrected chi connectivity index (χ4v) is 9.01. The number of nitrogen functional groups attached to an aromatic ring is 1. The van der Waals surface area contributed by atoms with Gasteiger partial charge in [0.25, 0.3) is 0 Å². The maximum Gasteiger partial charge on any atom is 0.417 e. The van der Waals surface area contributed by atoms with Crippen LogP contribution in [0.25, 0.3) is 32.1 Å². The molecule has 51 heavy (non-hydrogen) atoms.